The number of aliphatic imine (C=N–C) groups is 1. The standard InChI is InChI=1S/C16H24N2/c1-11(2)16(12(3)4,18-10-17)15-9-7-8-13(5)14(15)6/h7-9,11-12,17H,1-6H3. The lowest BCUT2D eigenvalue weighted by Crippen LogP contribution is -2.36. The van der Waals surface area contributed by atoms with Gasteiger partial charge < -0.3 is 0 Å². The molecule has 1 aromatic rings. The predicted molar refractivity (Wildman–Crippen MR) is 77.4 cm³/mol. The average Bonchev–Trinajstić information content (AvgIpc) is 2.29. The van der Waals surface area contributed by atoms with Crippen LogP contribution in [0.5, 0.6) is 0 Å². The van der Waals surface area contributed by atoms with Crippen molar-refractivity contribution in [3.8, 4) is 0 Å². The van der Waals surface area contributed by atoms with Gasteiger partial charge in [0.2, 0.25) is 0 Å². The SMILES string of the molecule is Cc1cccc(C(N=C=N)(C(C)C)C(C)C)c1C. The third kappa shape index (κ3) is 2.26. The van der Waals surface area contributed by atoms with Crippen molar-refractivity contribution in [1.29, 1.82) is 5.41 Å². The van der Waals surface area contributed by atoms with Crippen molar-refractivity contribution in [3.05, 3.63) is 34.9 Å². The second kappa shape index (κ2) is 5.49. The van der Waals surface area contributed by atoms with E-state index in [4.69, 9.17) is 5.41 Å². The van der Waals surface area contributed by atoms with E-state index in [1.165, 1.54) is 16.7 Å². The Bertz CT molecular complexity index is 458. The largest absolute Gasteiger partial charge is 0.242 e. The van der Waals surface area contributed by atoms with Crippen LogP contribution in [0.1, 0.15) is 44.4 Å². The van der Waals surface area contributed by atoms with Crippen LogP contribution in [0.25, 0.3) is 0 Å². The minimum atomic E-state index is -0.349. The van der Waals surface area contributed by atoms with Gasteiger partial charge in [0.25, 0.3) is 0 Å². The van der Waals surface area contributed by atoms with Crippen molar-refractivity contribution in [1.82, 2.24) is 0 Å². The molecule has 0 bridgehead atoms. The van der Waals surface area contributed by atoms with Gasteiger partial charge in [0, 0.05) is 0 Å². The molecule has 0 saturated carbocycles. The molecule has 1 aromatic carbocycles. The van der Waals surface area contributed by atoms with E-state index in [0.717, 1.165) is 0 Å². The Hall–Kier alpha value is -1.40. The quantitative estimate of drug-likeness (QED) is 0.754. The molecular weight excluding hydrogens is 220 g/mol. The fourth-order valence-electron chi connectivity index (χ4n) is 2.88. The number of benzene rings is 1. The molecule has 0 unspecified atom stereocenters. The Kier molecular flexibility index (Phi) is 4.48. The van der Waals surface area contributed by atoms with Crippen molar-refractivity contribution in [2.45, 2.75) is 47.1 Å². The van der Waals surface area contributed by atoms with Gasteiger partial charge in [-0.3, -0.25) is 0 Å². The third-order valence-corrected chi connectivity index (χ3v) is 4.04. The van der Waals surface area contributed by atoms with Gasteiger partial charge >= 0.3 is 0 Å². The summed E-state index contributed by atoms with van der Waals surface area (Å²) >= 11 is 0. The van der Waals surface area contributed by atoms with Gasteiger partial charge in [0.15, 0.2) is 0 Å². The van der Waals surface area contributed by atoms with Crippen molar-refractivity contribution in [2.24, 2.45) is 16.8 Å². The molecule has 0 aliphatic heterocycles. The number of hydrogen-bond donors (Lipinski definition) is 1. The first-order valence-corrected chi connectivity index (χ1v) is 6.58. The third-order valence-electron chi connectivity index (χ3n) is 4.04. The number of hydrogen-bond acceptors (Lipinski definition) is 2. The van der Waals surface area contributed by atoms with Crippen LogP contribution in [-0.4, -0.2) is 6.01 Å². The van der Waals surface area contributed by atoms with Crippen LogP contribution in [0, 0.1) is 31.1 Å². The normalized spacial score (nSPS) is 11.8. The highest BCUT2D eigenvalue weighted by Crippen LogP contribution is 2.42. The molecule has 2 nitrogen and oxygen atoms in total. The molecule has 0 saturated heterocycles. The lowest BCUT2D eigenvalue weighted by Gasteiger charge is -2.38. The van der Waals surface area contributed by atoms with E-state index >= 15 is 0 Å². The highest BCUT2D eigenvalue weighted by Gasteiger charge is 2.39. The summed E-state index contributed by atoms with van der Waals surface area (Å²) in [4.78, 5) is 4.44. The Labute approximate surface area is 111 Å². The van der Waals surface area contributed by atoms with Gasteiger partial charge in [-0.25, -0.2) is 10.4 Å². The zero-order valence-corrected chi connectivity index (χ0v) is 12.3. The van der Waals surface area contributed by atoms with Gasteiger partial charge in [-0.05, 0) is 42.4 Å². The van der Waals surface area contributed by atoms with Gasteiger partial charge in [-0.2, -0.15) is 0 Å². The van der Waals surface area contributed by atoms with E-state index in [1.807, 2.05) is 0 Å². The molecule has 0 amide bonds. The van der Waals surface area contributed by atoms with E-state index in [2.05, 4.69) is 70.7 Å². The number of nitrogens with one attached hydrogen (secondary N) is 1. The molecule has 1 N–H and O–H groups in total. The Morgan fingerprint density at radius 2 is 1.67 bits per heavy atom. The van der Waals surface area contributed by atoms with Crippen LogP contribution in [-0.2, 0) is 5.54 Å². The Morgan fingerprint density at radius 3 is 2.11 bits per heavy atom. The molecule has 18 heavy (non-hydrogen) atoms. The molecule has 0 atom stereocenters. The van der Waals surface area contributed by atoms with Crippen molar-refractivity contribution in [3.63, 3.8) is 0 Å². The van der Waals surface area contributed by atoms with Crippen LogP contribution >= 0.6 is 0 Å². The summed E-state index contributed by atoms with van der Waals surface area (Å²) in [5.41, 5.74) is 3.43. The van der Waals surface area contributed by atoms with Crippen LogP contribution in [0.3, 0.4) is 0 Å². The zero-order valence-electron chi connectivity index (χ0n) is 12.3. The fraction of sp³-hybridized carbons (Fsp3) is 0.562. The van der Waals surface area contributed by atoms with Crippen LogP contribution in [0.4, 0.5) is 0 Å². The summed E-state index contributed by atoms with van der Waals surface area (Å²) < 4.78 is 0. The maximum Gasteiger partial charge on any atom is 0.101 e. The van der Waals surface area contributed by atoms with E-state index in [-0.39, 0.29) is 5.54 Å². The lowest BCUT2D eigenvalue weighted by atomic mass is 9.70. The highest BCUT2D eigenvalue weighted by molar-refractivity contribution is 5.45. The van der Waals surface area contributed by atoms with Gasteiger partial charge in [0.05, 0.1) is 6.01 Å². The number of rotatable bonds is 4. The minimum Gasteiger partial charge on any atom is -0.242 e. The summed E-state index contributed by atoms with van der Waals surface area (Å²) in [6.45, 7) is 12.9. The van der Waals surface area contributed by atoms with Gasteiger partial charge in [-0.1, -0.05) is 45.9 Å². The molecule has 0 heterocycles. The van der Waals surface area contributed by atoms with Crippen LogP contribution < -0.4 is 0 Å². The Balaban J connectivity index is 3.62. The first-order valence-electron chi connectivity index (χ1n) is 6.58. The summed E-state index contributed by atoms with van der Waals surface area (Å²) in [6, 6.07) is 8.64. The second-order valence-electron chi connectivity index (χ2n) is 5.61. The van der Waals surface area contributed by atoms with Crippen molar-refractivity contribution >= 4 is 6.01 Å². The monoisotopic (exact) mass is 244 g/mol. The highest BCUT2D eigenvalue weighted by atomic mass is 14.9. The zero-order chi connectivity index (χ0) is 13.9. The average molecular weight is 244 g/mol. The summed E-state index contributed by atoms with van der Waals surface area (Å²) in [5.74, 6) is 0.659. The predicted octanol–water partition coefficient (Wildman–Crippen LogP) is 4.56. The Morgan fingerprint density at radius 1 is 1.11 bits per heavy atom. The maximum atomic E-state index is 7.30. The van der Waals surface area contributed by atoms with Gasteiger partial charge in [0.1, 0.15) is 5.54 Å². The second-order valence-corrected chi connectivity index (χ2v) is 5.61. The lowest BCUT2D eigenvalue weighted by molar-refractivity contribution is 0.230. The van der Waals surface area contributed by atoms with Crippen molar-refractivity contribution in [2.75, 3.05) is 0 Å². The molecule has 0 aromatic heterocycles. The molecule has 0 radical (unpaired) electrons. The van der Waals surface area contributed by atoms with E-state index in [0.29, 0.717) is 11.8 Å². The first kappa shape index (κ1) is 14.7. The smallest absolute Gasteiger partial charge is 0.101 e. The topological polar surface area (TPSA) is 36.2 Å². The van der Waals surface area contributed by atoms with E-state index < -0.39 is 0 Å². The molecule has 2 heteroatoms. The minimum absolute atomic E-state index is 0.329. The molecule has 0 aliphatic carbocycles. The summed E-state index contributed by atoms with van der Waals surface area (Å²) in [6.07, 6.45) is 0. The molecule has 0 spiro atoms. The first-order chi connectivity index (χ1) is 8.37. The van der Waals surface area contributed by atoms with E-state index in [9.17, 15) is 0 Å². The van der Waals surface area contributed by atoms with Crippen LogP contribution in [0.15, 0.2) is 23.2 Å². The number of nitrogens with zero attached hydrogens (tertiary/aromatic N) is 1. The fourth-order valence-corrected chi connectivity index (χ4v) is 2.88. The van der Waals surface area contributed by atoms with Crippen molar-refractivity contribution < 1.29 is 0 Å². The molecule has 98 valence electrons. The molecular formula is C16H24N2. The number of aryl methyl sites for hydroxylation is 1. The van der Waals surface area contributed by atoms with Gasteiger partial charge in [-0.15, -0.1) is 0 Å². The molecule has 0 aliphatic rings. The molecule has 1 rings (SSSR count). The summed E-state index contributed by atoms with van der Waals surface area (Å²) in [5, 5.41) is 7.30. The maximum absolute atomic E-state index is 7.30. The van der Waals surface area contributed by atoms with Crippen LogP contribution in [0.2, 0.25) is 0 Å². The summed E-state index contributed by atoms with van der Waals surface area (Å²) in [7, 11) is 0. The molecule has 0 fully saturated rings. The van der Waals surface area contributed by atoms with E-state index in [1.54, 1.807) is 0 Å².